The second kappa shape index (κ2) is 7.39. The lowest BCUT2D eigenvalue weighted by Crippen LogP contribution is -2.36. The van der Waals surface area contributed by atoms with Crippen molar-refractivity contribution >= 4 is 11.6 Å². The molecular weight excluding hydrogens is 302 g/mol. The number of methoxy groups -OCH3 is 1. The Labute approximate surface area is 143 Å². The van der Waals surface area contributed by atoms with E-state index in [4.69, 9.17) is 9.47 Å². The molecule has 0 saturated heterocycles. The van der Waals surface area contributed by atoms with Crippen molar-refractivity contribution in [3.63, 3.8) is 0 Å². The van der Waals surface area contributed by atoms with E-state index in [2.05, 4.69) is 6.07 Å². The minimum atomic E-state index is 0.101. The molecule has 0 N–H and O–H groups in total. The minimum Gasteiger partial charge on any atom is -0.495 e. The van der Waals surface area contributed by atoms with Crippen molar-refractivity contribution in [1.82, 2.24) is 0 Å². The van der Waals surface area contributed by atoms with Gasteiger partial charge in [0.2, 0.25) is 5.91 Å². The first-order valence-electron chi connectivity index (χ1n) is 8.41. The normalized spacial score (nSPS) is 13.3. The van der Waals surface area contributed by atoms with Crippen LogP contribution in [0.1, 0.15) is 24.5 Å². The van der Waals surface area contributed by atoms with E-state index in [1.165, 1.54) is 5.56 Å². The highest BCUT2D eigenvalue weighted by Gasteiger charge is 2.25. The van der Waals surface area contributed by atoms with Crippen molar-refractivity contribution < 1.29 is 14.3 Å². The quantitative estimate of drug-likeness (QED) is 0.843. The maximum Gasteiger partial charge on any atom is 0.231 e. The number of anilines is 1. The first-order valence-corrected chi connectivity index (χ1v) is 8.41. The highest BCUT2D eigenvalue weighted by Crippen LogP contribution is 2.36. The molecule has 126 valence electrons. The van der Waals surface area contributed by atoms with Gasteiger partial charge in [0.1, 0.15) is 11.5 Å². The maximum absolute atomic E-state index is 12.8. The number of hydrogen-bond donors (Lipinski definition) is 0. The van der Waals surface area contributed by atoms with Gasteiger partial charge >= 0.3 is 0 Å². The van der Waals surface area contributed by atoms with Gasteiger partial charge in [-0.25, -0.2) is 0 Å². The molecule has 0 aromatic heterocycles. The smallest absolute Gasteiger partial charge is 0.231 e. The molecular formula is C20H23NO3. The number of benzene rings is 2. The molecule has 2 aromatic rings. The molecule has 0 spiro atoms. The number of hydrogen-bond acceptors (Lipinski definition) is 3. The van der Waals surface area contributed by atoms with Crippen molar-refractivity contribution in [3.8, 4) is 11.5 Å². The van der Waals surface area contributed by atoms with Crippen molar-refractivity contribution in [1.29, 1.82) is 0 Å². The molecule has 1 amide bonds. The van der Waals surface area contributed by atoms with Crippen molar-refractivity contribution in [2.24, 2.45) is 0 Å². The van der Waals surface area contributed by atoms with Crippen LogP contribution in [0.5, 0.6) is 11.5 Å². The van der Waals surface area contributed by atoms with Crippen LogP contribution < -0.4 is 14.4 Å². The summed E-state index contributed by atoms with van der Waals surface area (Å²) in [6.07, 6.45) is 2.35. The molecule has 0 radical (unpaired) electrons. The molecule has 3 rings (SSSR count). The van der Waals surface area contributed by atoms with Gasteiger partial charge in [-0.3, -0.25) is 4.79 Å². The zero-order valence-corrected chi connectivity index (χ0v) is 14.2. The van der Waals surface area contributed by atoms with E-state index in [-0.39, 0.29) is 5.91 Å². The Hall–Kier alpha value is -2.49. The second-order valence-corrected chi connectivity index (χ2v) is 5.87. The Morgan fingerprint density at radius 1 is 1.17 bits per heavy atom. The highest BCUT2D eigenvalue weighted by molar-refractivity contribution is 5.97. The number of nitrogens with zero attached hydrogens (tertiary/aromatic N) is 1. The summed E-state index contributed by atoms with van der Waals surface area (Å²) in [4.78, 5) is 14.7. The first-order chi connectivity index (χ1) is 11.7. The number of fused-ring (bicyclic) bond motifs is 1. The molecule has 0 unspecified atom stereocenters. The van der Waals surface area contributed by atoms with Crippen molar-refractivity contribution in [2.75, 3.05) is 25.2 Å². The van der Waals surface area contributed by atoms with E-state index in [9.17, 15) is 4.79 Å². The van der Waals surface area contributed by atoms with Crippen LogP contribution in [-0.4, -0.2) is 26.2 Å². The summed E-state index contributed by atoms with van der Waals surface area (Å²) in [5.41, 5.74) is 3.10. The number of ether oxygens (including phenoxy) is 2. The fraction of sp³-hybridized carbons (Fsp3) is 0.350. The molecule has 0 aliphatic carbocycles. The number of para-hydroxylation sites is 1. The molecule has 0 atom stereocenters. The third kappa shape index (κ3) is 3.37. The van der Waals surface area contributed by atoms with Crippen molar-refractivity contribution in [3.05, 3.63) is 53.6 Å². The van der Waals surface area contributed by atoms with Crippen LogP contribution in [0.2, 0.25) is 0 Å². The third-order valence-electron chi connectivity index (χ3n) is 4.29. The molecule has 0 saturated carbocycles. The van der Waals surface area contributed by atoms with Crippen LogP contribution in [-0.2, 0) is 17.6 Å². The van der Waals surface area contributed by atoms with Crippen molar-refractivity contribution in [2.45, 2.75) is 26.2 Å². The van der Waals surface area contributed by atoms with E-state index in [1.807, 2.05) is 48.2 Å². The summed E-state index contributed by atoms with van der Waals surface area (Å²) < 4.78 is 10.9. The number of amides is 1. The molecule has 1 aliphatic heterocycles. The molecule has 2 aromatic carbocycles. The Morgan fingerprint density at radius 3 is 2.67 bits per heavy atom. The Bertz CT molecular complexity index is 695. The standard InChI is InChI=1S/C20H23NO3/c1-3-24-17-11-9-15(10-12-17)14-19(22)21-13-5-7-16-6-4-8-18(23-2)20(16)21/h4,6,8-12H,3,5,7,13-14H2,1-2H3. The average molecular weight is 325 g/mol. The molecule has 0 fully saturated rings. The van der Waals surface area contributed by atoms with E-state index in [1.54, 1.807) is 7.11 Å². The van der Waals surface area contributed by atoms with Crippen LogP contribution >= 0.6 is 0 Å². The van der Waals surface area contributed by atoms with Gasteiger partial charge in [-0.2, -0.15) is 0 Å². The van der Waals surface area contributed by atoms with Crippen LogP contribution in [0.15, 0.2) is 42.5 Å². The Balaban J connectivity index is 1.79. The predicted molar refractivity (Wildman–Crippen MR) is 95.0 cm³/mol. The Kier molecular flexibility index (Phi) is 5.04. The summed E-state index contributed by atoms with van der Waals surface area (Å²) >= 11 is 0. The molecule has 4 heteroatoms. The van der Waals surface area contributed by atoms with Crippen LogP contribution in [0.4, 0.5) is 5.69 Å². The Morgan fingerprint density at radius 2 is 1.96 bits per heavy atom. The highest BCUT2D eigenvalue weighted by atomic mass is 16.5. The van der Waals surface area contributed by atoms with Gasteiger partial charge < -0.3 is 14.4 Å². The number of aryl methyl sites for hydroxylation is 1. The summed E-state index contributed by atoms with van der Waals surface area (Å²) in [6, 6.07) is 13.7. The molecule has 24 heavy (non-hydrogen) atoms. The first kappa shape index (κ1) is 16.4. The maximum atomic E-state index is 12.8. The SMILES string of the molecule is CCOc1ccc(CC(=O)N2CCCc3cccc(OC)c32)cc1. The molecule has 0 bridgehead atoms. The summed E-state index contributed by atoms with van der Waals surface area (Å²) in [5, 5.41) is 0. The lowest BCUT2D eigenvalue weighted by atomic mass is 10.00. The molecule has 1 aliphatic rings. The summed E-state index contributed by atoms with van der Waals surface area (Å²) in [7, 11) is 1.65. The number of carbonyl (C=O) groups is 1. The van der Waals surface area contributed by atoms with Crippen LogP contribution in [0.3, 0.4) is 0 Å². The van der Waals surface area contributed by atoms with E-state index < -0.39 is 0 Å². The van der Waals surface area contributed by atoms with E-state index in [0.29, 0.717) is 13.0 Å². The van der Waals surface area contributed by atoms with Gasteiger partial charge in [0.25, 0.3) is 0 Å². The zero-order valence-electron chi connectivity index (χ0n) is 14.2. The molecule has 4 nitrogen and oxygen atoms in total. The minimum absolute atomic E-state index is 0.101. The number of rotatable bonds is 5. The third-order valence-corrected chi connectivity index (χ3v) is 4.29. The summed E-state index contributed by atoms with van der Waals surface area (Å²) in [6.45, 7) is 3.34. The fourth-order valence-corrected chi connectivity index (χ4v) is 3.17. The van der Waals surface area contributed by atoms with Gasteiger partial charge in [0, 0.05) is 6.54 Å². The van der Waals surface area contributed by atoms with E-state index in [0.717, 1.165) is 42.1 Å². The second-order valence-electron chi connectivity index (χ2n) is 5.87. The zero-order chi connectivity index (χ0) is 16.9. The van der Waals surface area contributed by atoms with Crippen LogP contribution in [0, 0.1) is 0 Å². The van der Waals surface area contributed by atoms with Gasteiger partial charge in [-0.1, -0.05) is 24.3 Å². The monoisotopic (exact) mass is 325 g/mol. The fourth-order valence-electron chi connectivity index (χ4n) is 3.17. The van der Waals surface area contributed by atoms with Crippen LogP contribution in [0.25, 0.3) is 0 Å². The predicted octanol–water partition coefficient (Wildman–Crippen LogP) is 3.62. The summed E-state index contributed by atoms with van der Waals surface area (Å²) in [5.74, 6) is 1.70. The molecule has 1 heterocycles. The van der Waals surface area contributed by atoms with Gasteiger partial charge in [0.15, 0.2) is 0 Å². The van der Waals surface area contributed by atoms with E-state index >= 15 is 0 Å². The lowest BCUT2D eigenvalue weighted by Gasteiger charge is -2.31. The van der Waals surface area contributed by atoms with Gasteiger partial charge in [-0.05, 0) is 49.1 Å². The van der Waals surface area contributed by atoms with Gasteiger partial charge in [-0.15, -0.1) is 0 Å². The topological polar surface area (TPSA) is 38.8 Å². The largest absolute Gasteiger partial charge is 0.495 e. The lowest BCUT2D eigenvalue weighted by molar-refractivity contribution is -0.118. The average Bonchev–Trinajstić information content (AvgIpc) is 2.62. The number of carbonyl (C=O) groups excluding carboxylic acids is 1. The van der Waals surface area contributed by atoms with Gasteiger partial charge in [0.05, 0.1) is 25.8 Å².